The van der Waals surface area contributed by atoms with E-state index < -0.39 is 4.92 Å². The van der Waals surface area contributed by atoms with Gasteiger partial charge in [0.05, 0.1) is 17.1 Å². The van der Waals surface area contributed by atoms with Crippen molar-refractivity contribution >= 4 is 11.6 Å². The number of aryl methyl sites for hydroxylation is 1. The van der Waals surface area contributed by atoms with Crippen molar-refractivity contribution in [3.8, 4) is 5.75 Å². The monoisotopic (exact) mass is 496 g/mol. The molecule has 0 radical (unpaired) electrons. The quantitative estimate of drug-likeness (QED) is 0.377. The zero-order valence-electron chi connectivity index (χ0n) is 21.0. The van der Waals surface area contributed by atoms with Crippen LogP contribution in [0.3, 0.4) is 0 Å². The Morgan fingerprint density at radius 2 is 1.94 bits per heavy atom. The maximum absolute atomic E-state index is 12.5. The number of phenolic OH excluding ortho intramolecular Hbond substituents is 1. The first kappa shape index (κ1) is 26.1. The van der Waals surface area contributed by atoms with E-state index in [2.05, 4.69) is 10.2 Å². The van der Waals surface area contributed by atoms with Crippen LogP contribution in [0.15, 0.2) is 36.4 Å². The molecule has 0 bridgehead atoms. The molecule has 2 aliphatic heterocycles. The highest BCUT2D eigenvalue weighted by atomic mass is 16.6. The van der Waals surface area contributed by atoms with Gasteiger partial charge in [-0.2, -0.15) is 0 Å². The van der Waals surface area contributed by atoms with E-state index in [1.165, 1.54) is 24.3 Å². The van der Waals surface area contributed by atoms with Gasteiger partial charge >= 0.3 is 0 Å². The number of nitro benzene ring substituents is 1. The summed E-state index contributed by atoms with van der Waals surface area (Å²) in [6.07, 6.45) is 3.46. The Morgan fingerprint density at radius 1 is 1.25 bits per heavy atom. The highest BCUT2D eigenvalue weighted by Crippen LogP contribution is 2.40. The summed E-state index contributed by atoms with van der Waals surface area (Å²) in [5.41, 5.74) is 9.28. The number of nitrogens with two attached hydrogens (primary N) is 1. The van der Waals surface area contributed by atoms with Gasteiger partial charge in [0.25, 0.3) is 11.6 Å². The molecule has 2 aliphatic rings. The molecule has 0 aliphatic carbocycles. The number of benzene rings is 2. The average molecular weight is 497 g/mol. The van der Waals surface area contributed by atoms with Gasteiger partial charge in [-0.3, -0.25) is 14.9 Å². The first-order valence-corrected chi connectivity index (χ1v) is 12.7. The lowest BCUT2D eigenvalue weighted by Gasteiger charge is -2.40. The first-order valence-electron chi connectivity index (χ1n) is 12.7. The van der Waals surface area contributed by atoms with E-state index in [9.17, 15) is 20.0 Å². The van der Waals surface area contributed by atoms with Gasteiger partial charge in [0.15, 0.2) is 0 Å². The number of rotatable bonds is 8. The first-order chi connectivity index (χ1) is 17.3. The number of fused-ring (bicyclic) bond motifs is 1. The Kier molecular flexibility index (Phi) is 8.23. The molecule has 9 nitrogen and oxygen atoms in total. The van der Waals surface area contributed by atoms with Gasteiger partial charge in [0.1, 0.15) is 5.75 Å². The number of nitrogens with zero attached hydrogens (tertiary/aromatic N) is 2. The molecule has 3 atom stereocenters. The predicted molar refractivity (Wildman–Crippen MR) is 137 cm³/mol. The van der Waals surface area contributed by atoms with Crippen LogP contribution in [0.1, 0.15) is 59.3 Å². The number of hydrogen-bond acceptors (Lipinski definition) is 7. The van der Waals surface area contributed by atoms with E-state index in [4.69, 9.17) is 10.5 Å². The highest BCUT2D eigenvalue weighted by Gasteiger charge is 2.35. The molecule has 0 saturated carbocycles. The highest BCUT2D eigenvalue weighted by molar-refractivity contribution is 5.94. The Balaban J connectivity index is 1.24. The number of ether oxygens (including phenoxy) is 1. The van der Waals surface area contributed by atoms with Gasteiger partial charge in [-0.1, -0.05) is 12.1 Å². The van der Waals surface area contributed by atoms with Gasteiger partial charge in [-0.05, 0) is 75.4 Å². The number of carbonyl (C=O) groups excluding carboxylic acids is 1. The number of nitrogens with one attached hydrogen (secondary N) is 1. The largest absolute Gasteiger partial charge is 0.507 e. The number of piperidine rings is 1. The number of nitro groups is 1. The Labute approximate surface area is 211 Å². The molecule has 4 N–H and O–H groups in total. The molecule has 194 valence electrons. The Bertz CT molecular complexity index is 1080. The maximum atomic E-state index is 12.5. The molecule has 1 fully saturated rings. The van der Waals surface area contributed by atoms with Gasteiger partial charge in [-0.25, -0.2) is 0 Å². The molecule has 2 heterocycles. The average Bonchev–Trinajstić information content (AvgIpc) is 2.89. The smallest absolute Gasteiger partial charge is 0.269 e. The number of carbonyl (C=O) groups is 1. The van der Waals surface area contributed by atoms with Crippen molar-refractivity contribution in [3.05, 3.63) is 68.8 Å². The molecule has 36 heavy (non-hydrogen) atoms. The fraction of sp³-hybridized carbons (Fsp3) is 0.519. The van der Waals surface area contributed by atoms with Gasteiger partial charge in [0.2, 0.25) is 0 Å². The van der Waals surface area contributed by atoms with E-state index in [1.54, 1.807) is 0 Å². The third kappa shape index (κ3) is 5.86. The number of non-ortho nitro benzene ring substituents is 1. The molecule has 2 aromatic carbocycles. The number of hydrogen-bond donors (Lipinski definition) is 3. The van der Waals surface area contributed by atoms with Crippen LogP contribution in [-0.4, -0.2) is 59.2 Å². The minimum absolute atomic E-state index is 0.0138. The van der Waals surface area contributed by atoms with Gasteiger partial charge < -0.3 is 25.8 Å². The summed E-state index contributed by atoms with van der Waals surface area (Å²) in [7, 11) is 0. The third-order valence-corrected chi connectivity index (χ3v) is 7.58. The molecular weight excluding hydrogens is 460 g/mol. The second kappa shape index (κ2) is 11.4. The standard InChI is InChI=1S/C27H36N4O5/c1-17-3-8-22-23(26(17)32)15-24(36-25(22)16-28)19-10-13-30(14-11-19)12-9-18(2)29-27(33)20-4-6-21(7-5-20)31(34)35/h3-8,18-19,24-25,32H,9-16,28H2,1-2H3,(H,29,33)/t18?,24-,25-/m0/s1. The van der Waals surface area contributed by atoms with Crippen molar-refractivity contribution in [2.45, 2.75) is 57.8 Å². The molecule has 1 unspecified atom stereocenters. The Hall–Kier alpha value is -3.01. The van der Waals surface area contributed by atoms with Crippen LogP contribution in [0.5, 0.6) is 5.75 Å². The van der Waals surface area contributed by atoms with E-state index in [0.717, 1.165) is 62.0 Å². The van der Waals surface area contributed by atoms with Gasteiger partial charge in [0, 0.05) is 48.8 Å². The van der Waals surface area contributed by atoms with E-state index in [1.807, 2.05) is 26.0 Å². The maximum Gasteiger partial charge on any atom is 0.269 e. The molecule has 2 aromatic rings. The van der Waals surface area contributed by atoms with Crippen LogP contribution >= 0.6 is 0 Å². The summed E-state index contributed by atoms with van der Waals surface area (Å²) >= 11 is 0. The van der Waals surface area contributed by atoms with Crippen LogP contribution in [0.2, 0.25) is 0 Å². The van der Waals surface area contributed by atoms with E-state index in [0.29, 0.717) is 23.8 Å². The van der Waals surface area contributed by atoms with Crippen molar-refractivity contribution in [1.29, 1.82) is 0 Å². The summed E-state index contributed by atoms with van der Waals surface area (Å²) in [4.78, 5) is 25.2. The third-order valence-electron chi connectivity index (χ3n) is 7.58. The SMILES string of the molecule is Cc1ccc2c(c1O)C[C@@H](C1CCN(CCC(C)NC(=O)c3ccc([N+](=O)[O-])cc3)CC1)O[C@H]2CN. The van der Waals surface area contributed by atoms with Crippen molar-refractivity contribution in [2.24, 2.45) is 11.7 Å². The van der Waals surface area contributed by atoms with Crippen molar-refractivity contribution < 1.29 is 19.6 Å². The Morgan fingerprint density at radius 3 is 2.58 bits per heavy atom. The molecule has 1 amide bonds. The van der Waals surface area contributed by atoms with E-state index in [-0.39, 0.29) is 29.8 Å². The minimum Gasteiger partial charge on any atom is -0.507 e. The molecular formula is C27H36N4O5. The normalized spacial score (nSPS) is 21.5. The second-order valence-corrected chi connectivity index (χ2v) is 10.0. The van der Waals surface area contributed by atoms with Crippen LogP contribution in [-0.2, 0) is 11.2 Å². The lowest BCUT2D eigenvalue weighted by molar-refractivity contribution is -0.384. The van der Waals surface area contributed by atoms with Crippen molar-refractivity contribution in [1.82, 2.24) is 10.2 Å². The molecule has 4 rings (SSSR count). The van der Waals surface area contributed by atoms with Crippen LogP contribution in [0.4, 0.5) is 5.69 Å². The minimum atomic E-state index is -0.478. The topological polar surface area (TPSA) is 131 Å². The lowest BCUT2D eigenvalue weighted by Crippen LogP contribution is -2.43. The zero-order chi connectivity index (χ0) is 25.8. The number of phenols is 1. The lowest BCUT2D eigenvalue weighted by atomic mass is 9.83. The second-order valence-electron chi connectivity index (χ2n) is 10.0. The van der Waals surface area contributed by atoms with Crippen molar-refractivity contribution in [2.75, 3.05) is 26.2 Å². The molecule has 9 heteroatoms. The molecule has 0 aromatic heterocycles. The van der Waals surface area contributed by atoms with Gasteiger partial charge in [-0.15, -0.1) is 0 Å². The molecule has 0 spiro atoms. The molecule has 1 saturated heterocycles. The number of aromatic hydroxyl groups is 1. The van der Waals surface area contributed by atoms with Crippen LogP contribution < -0.4 is 11.1 Å². The summed E-state index contributed by atoms with van der Waals surface area (Å²) in [5, 5.41) is 24.4. The van der Waals surface area contributed by atoms with E-state index >= 15 is 0 Å². The summed E-state index contributed by atoms with van der Waals surface area (Å²) in [5.74, 6) is 0.572. The number of likely N-dealkylation sites (tertiary alicyclic amines) is 1. The fourth-order valence-corrected chi connectivity index (χ4v) is 5.32. The van der Waals surface area contributed by atoms with Crippen LogP contribution in [0.25, 0.3) is 0 Å². The van der Waals surface area contributed by atoms with Crippen molar-refractivity contribution in [3.63, 3.8) is 0 Å². The summed E-state index contributed by atoms with van der Waals surface area (Å²) in [6.45, 7) is 7.11. The van der Waals surface area contributed by atoms with Crippen LogP contribution in [0, 0.1) is 23.0 Å². The fourth-order valence-electron chi connectivity index (χ4n) is 5.32. The number of amides is 1. The predicted octanol–water partition coefficient (Wildman–Crippen LogP) is 3.47. The summed E-state index contributed by atoms with van der Waals surface area (Å²) in [6, 6.07) is 9.59. The zero-order valence-corrected chi connectivity index (χ0v) is 21.0. The summed E-state index contributed by atoms with van der Waals surface area (Å²) < 4.78 is 6.40.